The number of likely N-dealkylation sites (N-methyl/N-ethyl adjacent to an activating group) is 1. The summed E-state index contributed by atoms with van der Waals surface area (Å²) in [4.78, 5) is 17.9. The van der Waals surface area contributed by atoms with Crippen LogP contribution >= 0.6 is 0 Å². The van der Waals surface area contributed by atoms with E-state index < -0.39 is 5.97 Å². The lowest BCUT2D eigenvalue weighted by molar-refractivity contribution is 0.0601. The van der Waals surface area contributed by atoms with Crippen molar-refractivity contribution in [2.45, 2.75) is 19.9 Å². The third-order valence-electron chi connectivity index (χ3n) is 2.90. The Balaban J connectivity index is 3.19. The van der Waals surface area contributed by atoms with Gasteiger partial charge >= 0.3 is 5.97 Å². The van der Waals surface area contributed by atoms with E-state index in [1.807, 2.05) is 18.7 Å². The Morgan fingerprint density at radius 1 is 1.53 bits per heavy atom. The number of hydrogen-bond acceptors (Lipinski definition) is 6. The molecule has 1 heterocycles. The first kappa shape index (κ1) is 15.2. The number of aromatic nitrogens is 1. The lowest BCUT2D eigenvalue weighted by atomic mass is 10.1. The second kappa shape index (κ2) is 6.94. The number of rotatable bonds is 6. The molecule has 0 aliphatic heterocycles. The van der Waals surface area contributed by atoms with Gasteiger partial charge < -0.3 is 20.1 Å². The largest absolute Gasteiger partial charge is 0.465 e. The van der Waals surface area contributed by atoms with Crippen molar-refractivity contribution in [1.82, 2.24) is 4.98 Å². The van der Waals surface area contributed by atoms with E-state index in [4.69, 9.17) is 15.2 Å². The summed E-state index contributed by atoms with van der Waals surface area (Å²) in [5.41, 5.74) is 6.75. The van der Waals surface area contributed by atoms with Crippen LogP contribution in [0.3, 0.4) is 0 Å². The molecule has 19 heavy (non-hydrogen) atoms. The van der Waals surface area contributed by atoms with Crippen LogP contribution in [0, 0.1) is 0 Å². The normalized spacial score (nSPS) is 12.0. The molecular weight excluding hydrogens is 246 g/mol. The van der Waals surface area contributed by atoms with Crippen LogP contribution in [-0.4, -0.2) is 44.4 Å². The van der Waals surface area contributed by atoms with Gasteiger partial charge in [0.2, 0.25) is 0 Å². The van der Waals surface area contributed by atoms with E-state index in [9.17, 15) is 4.79 Å². The molecule has 0 spiro atoms. The fraction of sp³-hybridized carbons (Fsp3) is 0.538. The Labute approximate surface area is 113 Å². The number of anilines is 2. The molecule has 6 heteroatoms. The summed E-state index contributed by atoms with van der Waals surface area (Å²) in [5.74, 6) is -0.133. The maximum absolute atomic E-state index is 11.8. The molecule has 2 N–H and O–H groups in total. The quantitative estimate of drug-likeness (QED) is 0.783. The molecule has 0 aliphatic carbocycles. The molecule has 1 aromatic heterocycles. The van der Waals surface area contributed by atoms with Crippen molar-refractivity contribution >= 4 is 17.5 Å². The Kier molecular flexibility index (Phi) is 5.57. The van der Waals surface area contributed by atoms with Gasteiger partial charge in [0.05, 0.1) is 31.2 Å². The van der Waals surface area contributed by atoms with Gasteiger partial charge in [-0.25, -0.2) is 9.78 Å². The van der Waals surface area contributed by atoms with E-state index in [0.717, 1.165) is 6.54 Å². The summed E-state index contributed by atoms with van der Waals surface area (Å²) >= 11 is 0. The van der Waals surface area contributed by atoms with E-state index in [0.29, 0.717) is 23.7 Å². The predicted octanol–water partition coefficient (Wildman–Crippen LogP) is 1.31. The van der Waals surface area contributed by atoms with E-state index in [1.165, 1.54) is 13.2 Å². The standard InChI is InChI=1S/C13H21N3O3/c1-5-16(9(2)8-18-3)11-7-15-12(14)6-10(11)13(17)19-4/h6-7,9H,5,8H2,1-4H3,(H2,14,15). The first-order chi connectivity index (χ1) is 9.04. The van der Waals surface area contributed by atoms with Gasteiger partial charge in [-0.05, 0) is 19.9 Å². The van der Waals surface area contributed by atoms with E-state index >= 15 is 0 Å². The lowest BCUT2D eigenvalue weighted by Gasteiger charge is -2.30. The highest BCUT2D eigenvalue weighted by atomic mass is 16.5. The van der Waals surface area contributed by atoms with Crippen LogP contribution in [0.15, 0.2) is 12.3 Å². The zero-order chi connectivity index (χ0) is 14.4. The number of nitrogens with zero attached hydrogens (tertiary/aromatic N) is 2. The molecule has 1 atom stereocenters. The summed E-state index contributed by atoms with van der Waals surface area (Å²) < 4.78 is 9.94. The monoisotopic (exact) mass is 267 g/mol. The first-order valence-corrected chi connectivity index (χ1v) is 6.14. The fourth-order valence-electron chi connectivity index (χ4n) is 2.02. The molecule has 0 aromatic carbocycles. The Morgan fingerprint density at radius 3 is 2.74 bits per heavy atom. The highest BCUT2D eigenvalue weighted by Gasteiger charge is 2.21. The van der Waals surface area contributed by atoms with Crippen LogP contribution in [-0.2, 0) is 9.47 Å². The summed E-state index contributed by atoms with van der Waals surface area (Å²) in [6.45, 7) is 5.30. The molecule has 1 unspecified atom stereocenters. The highest BCUT2D eigenvalue weighted by molar-refractivity contribution is 5.96. The third-order valence-corrected chi connectivity index (χ3v) is 2.90. The highest BCUT2D eigenvalue weighted by Crippen LogP contribution is 2.24. The van der Waals surface area contributed by atoms with Gasteiger partial charge in [0.1, 0.15) is 5.82 Å². The Morgan fingerprint density at radius 2 is 2.21 bits per heavy atom. The number of pyridine rings is 1. The molecule has 0 fully saturated rings. The van der Waals surface area contributed by atoms with Gasteiger partial charge in [-0.2, -0.15) is 0 Å². The van der Waals surface area contributed by atoms with Crippen LogP contribution in [0.4, 0.5) is 11.5 Å². The molecule has 0 saturated carbocycles. The summed E-state index contributed by atoms with van der Waals surface area (Å²) in [6, 6.07) is 1.65. The molecular formula is C13H21N3O3. The third kappa shape index (κ3) is 3.57. The van der Waals surface area contributed by atoms with Crippen molar-refractivity contribution in [1.29, 1.82) is 0 Å². The first-order valence-electron chi connectivity index (χ1n) is 6.14. The van der Waals surface area contributed by atoms with Gasteiger partial charge in [0.15, 0.2) is 0 Å². The van der Waals surface area contributed by atoms with E-state index in [2.05, 4.69) is 4.98 Å². The molecule has 0 saturated heterocycles. The van der Waals surface area contributed by atoms with Crippen LogP contribution in [0.2, 0.25) is 0 Å². The molecule has 106 valence electrons. The average Bonchev–Trinajstić information content (AvgIpc) is 2.40. The van der Waals surface area contributed by atoms with E-state index in [1.54, 1.807) is 13.3 Å². The zero-order valence-corrected chi connectivity index (χ0v) is 11.8. The second-order valence-corrected chi connectivity index (χ2v) is 4.21. The van der Waals surface area contributed by atoms with Gasteiger partial charge in [-0.1, -0.05) is 0 Å². The maximum Gasteiger partial charge on any atom is 0.340 e. The minimum absolute atomic E-state index is 0.115. The zero-order valence-electron chi connectivity index (χ0n) is 11.8. The number of esters is 1. The van der Waals surface area contributed by atoms with Crippen molar-refractivity contribution in [3.8, 4) is 0 Å². The van der Waals surface area contributed by atoms with Gasteiger partial charge in [-0.15, -0.1) is 0 Å². The number of nitrogen functional groups attached to an aromatic ring is 1. The van der Waals surface area contributed by atoms with Crippen LogP contribution in [0.25, 0.3) is 0 Å². The van der Waals surface area contributed by atoms with Crippen LogP contribution in [0.1, 0.15) is 24.2 Å². The van der Waals surface area contributed by atoms with Crippen LogP contribution in [0.5, 0.6) is 0 Å². The van der Waals surface area contributed by atoms with Crippen LogP contribution < -0.4 is 10.6 Å². The average molecular weight is 267 g/mol. The molecule has 1 aromatic rings. The summed E-state index contributed by atoms with van der Waals surface area (Å²) in [6.07, 6.45) is 1.59. The minimum atomic E-state index is -0.424. The molecule has 0 bridgehead atoms. The van der Waals surface area contributed by atoms with Gasteiger partial charge in [-0.3, -0.25) is 0 Å². The second-order valence-electron chi connectivity index (χ2n) is 4.21. The number of ether oxygens (including phenoxy) is 2. The number of carbonyl (C=O) groups is 1. The van der Waals surface area contributed by atoms with Gasteiger partial charge in [0.25, 0.3) is 0 Å². The van der Waals surface area contributed by atoms with Crippen molar-refractivity contribution in [2.75, 3.05) is 38.0 Å². The summed E-state index contributed by atoms with van der Waals surface area (Å²) in [7, 11) is 2.99. The van der Waals surface area contributed by atoms with Gasteiger partial charge in [0, 0.05) is 19.7 Å². The molecule has 0 aliphatic rings. The number of nitrogens with two attached hydrogens (primary N) is 1. The smallest absolute Gasteiger partial charge is 0.340 e. The van der Waals surface area contributed by atoms with Crippen molar-refractivity contribution in [3.05, 3.63) is 17.8 Å². The Hall–Kier alpha value is -1.82. The summed E-state index contributed by atoms with van der Waals surface area (Å²) in [5, 5.41) is 0. The predicted molar refractivity (Wildman–Crippen MR) is 74.3 cm³/mol. The molecule has 0 amide bonds. The Bertz CT molecular complexity index is 437. The fourth-order valence-corrected chi connectivity index (χ4v) is 2.02. The molecule has 0 radical (unpaired) electrons. The minimum Gasteiger partial charge on any atom is -0.465 e. The maximum atomic E-state index is 11.8. The lowest BCUT2D eigenvalue weighted by Crippen LogP contribution is -2.37. The topological polar surface area (TPSA) is 77.7 Å². The number of carbonyl (C=O) groups excluding carboxylic acids is 1. The number of methoxy groups -OCH3 is 2. The van der Waals surface area contributed by atoms with Crippen molar-refractivity contribution in [3.63, 3.8) is 0 Å². The SMILES string of the molecule is CCN(c1cnc(N)cc1C(=O)OC)C(C)COC. The van der Waals surface area contributed by atoms with Crippen molar-refractivity contribution in [2.24, 2.45) is 0 Å². The van der Waals surface area contributed by atoms with E-state index in [-0.39, 0.29) is 6.04 Å². The molecule has 6 nitrogen and oxygen atoms in total. The number of hydrogen-bond donors (Lipinski definition) is 1. The van der Waals surface area contributed by atoms with Crippen molar-refractivity contribution < 1.29 is 14.3 Å². The molecule has 1 rings (SSSR count).